The standard InChI is InChI=1S/C13H13ClN4O/c1-18(8-9-4-2-3-5-10(9)14)13(19)11-6-17-12(15)7-16-11/h2-7H,8H2,1H3,(H2,15,17). The molecule has 1 heterocycles. The normalized spacial score (nSPS) is 10.2. The summed E-state index contributed by atoms with van der Waals surface area (Å²) in [5.74, 6) is 0.0535. The van der Waals surface area contributed by atoms with E-state index < -0.39 is 0 Å². The molecule has 0 fully saturated rings. The van der Waals surface area contributed by atoms with Crippen LogP contribution in [-0.4, -0.2) is 27.8 Å². The molecule has 0 unspecified atom stereocenters. The number of benzene rings is 1. The number of rotatable bonds is 3. The Bertz CT molecular complexity index is 585. The fourth-order valence-corrected chi connectivity index (χ4v) is 1.79. The van der Waals surface area contributed by atoms with Gasteiger partial charge < -0.3 is 10.6 Å². The lowest BCUT2D eigenvalue weighted by Crippen LogP contribution is -2.27. The highest BCUT2D eigenvalue weighted by atomic mass is 35.5. The molecule has 0 atom stereocenters. The summed E-state index contributed by atoms with van der Waals surface area (Å²) in [5, 5.41) is 0.630. The largest absolute Gasteiger partial charge is 0.382 e. The third-order valence-electron chi connectivity index (χ3n) is 2.60. The second-order valence-electron chi connectivity index (χ2n) is 4.08. The fraction of sp³-hybridized carbons (Fsp3) is 0.154. The van der Waals surface area contributed by atoms with Crippen LogP contribution in [0.4, 0.5) is 5.82 Å². The molecule has 98 valence electrons. The van der Waals surface area contributed by atoms with Gasteiger partial charge in [-0.05, 0) is 11.6 Å². The van der Waals surface area contributed by atoms with E-state index in [2.05, 4.69) is 9.97 Å². The van der Waals surface area contributed by atoms with Crippen LogP contribution in [0.5, 0.6) is 0 Å². The minimum Gasteiger partial charge on any atom is -0.382 e. The van der Waals surface area contributed by atoms with Crippen LogP contribution in [0.3, 0.4) is 0 Å². The van der Waals surface area contributed by atoms with E-state index in [1.165, 1.54) is 17.3 Å². The highest BCUT2D eigenvalue weighted by Gasteiger charge is 2.14. The number of hydrogen-bond acceptors (Lipinski definition) is 4. The van der Waals surface area contributed by atoms with Crippen LogP contribution >= 0.6 is 11.6 Å². The molecule has 0 aliphatic heterocycles. The van der Waals surface area contributed by atoms with Crippen LogP contribution in [0, 0.1) is 0 Å². The summed E-state index contributed by atoms with van der Waals surface area (Å²) in [7, 11) is 1.68. The van der Waals surface area contributed by atoms with Gasteiger partial charge in [0.15, 0.2) is 0 Å². The Hall–Kier alpha value is -2.14. The van der Waals surface area contributed by atoms with Gasteiger partial charge in [-0.15, -0.1) is 0 Å². The lowest BCUT2D eigenvalue weighted by molar-refractivity contribution is 0.0779. The van der Waals surface area contributed by atoms with E-state index in [9.17, 15) is 4.79 Å². The Balaban J connectivity index is 2.12. The topological polar surface area (TPSA) is 72.1 Å². The van der Waals surface area contributed by atoms with E-state index in [0.717, 1.165) is 5.56 Å². The molecule has 6 heteroatoms. The van der Waals surface area contributed by atoms with Gasteiger partial charge in [-0.2, -0.15) is 0 Å². The van der Waals surface area contributed by atoms with E-state index >= 15 is 0 Å². The van der Waals surface area contributed by atoms with Crippen molar-refractivity contribution < 1.29 is 4.79 Å². The van der Waals surface area contributed by atoms with Crippen molar-refractivity contribution in [3.05, 3.63) is 52.9 Å². The number of amides is 1. The number of carbonyl (C=O) groups is 1. The zero-order valence-corrected chi connectivity index (χ0v) is 11.1. The number of nitrogen functional groups attached to an aromatic ring is 1. The van der Waals surface area contributed by atoms with E-state index in [-0.39, 0.29) is 17.4 Å². The number of halogens is 1. The monoisotopic (exact) mass is 276 g/mol. The van der Waals surface area contributed by atoms with Gasteiger partial charge in [0.25, 0.3) is 5.91 Å². The molecule has 0 aliphatic carbocycles. The van der Waals surface area contributed by atoms with E-state index in [1.54, 1.807) is 13.1 Å². The maximum absolute atomic E-state index is 12.1. The molecule has 0 saturated carbocycles. The van der Waals surface area contributed by atoms with Crippen molar-refractivity contribution in [3.63, 3.8) is 0 Å². The second-order valence-corrected chi connectivity index (χ2v) is 4.49. The third kappa shape index (κ3) is 3.20. The van der Waals surface area contributed by atoms with Crippen molar-refractivity contribution in [1.29, 1.82) is 0 Å². The van der Waals surface area contributed by atoms with E-state index in [4.69, 9.17) is 17.3 Å². The maximum Gasteiger partial charge on any atom is 0.274 e. The SMILES string of the molecule is CN(Cc1ccccc1Cl)C(=O)c1cnc(N)cn1. The summed E-state index contributed by atoms with van der Waals surface area (Å²) in [6.45, 7) is 0.407. The number of hydrogen-bond donors (Lipinski definition) is 1. The Morgan fingerprint density at radius 1 is 1.32 bits per heavy atom. The predicted octanol–water partition coefficient (Wildman–Crippen LogP) is 1.98. The van der Waals surface area contributed by atoms with Gasteiger partial charge in [0.1, 0.15) is 11.5 Å². The average Bonchev–Trinajstić information content (AvgIpc) is 2.41. The average molecular weight is 277 g/mol. The summed E-state index contributed by atoms with van der Waals surface area (Å²) in [6, 6.07) is 7.39. The van der Waals surface area contributed by atoms with Gasteiger partial charge in [-0.1, -0.05) is 29.8 Å². The minimum absolute atomic E-state index is 0.229. The van der Waals surface area contributed by atoms with Crippen molar-refractivity contribution >= 4 is 23.3 Å². The van der Waals surface area contributed by atoms with Gasteiger partial charge >= 0.3 is 0 Å². The van der Waals surface area contributed by atoms with Gasteiger partial charge in [0.05, 0.1) is 12.4 Å². The molecule has 0 spiro atoms. The van der Waals surface area contributed by atoms with Crippen LogP contribution in [-0.2, 0) is 6.54 Å². The number of anilines is 1. The predicted molar refractivity (Wildman–Crippen MR) is 73.7 cm³/mol. The van der Waals surface area contributed by atoms with Crippen LogP contribution in [0.1, 0.15) is 16.1 Å². The first kappa shape index (κ1) is 13.3. The summed E-state index contributed by atoms with van der Waals surface area (Å²) in [6.07, 6.45) is 2.72. The quantitative estimate of drug-likeness (QED) is 0.930. The first-order valence-corrected chi connectivity index (χ1v) is 6.02. The van der Waals surface area contributed by atoms with Crippen molar-refractivity contribution in [2.75, 3.05) is 12.8 Å². The van der Waals surface area contributed by atoms with Crippen LogP contribution < -0.4 is 5.73 Å². The first-order chi connectivity index (χ1) is 9.08. The Morgan fingerprint density at radius 3 is 2.68 bits per heavy atom. The summed E-state index contributed by atoms with van der Waals surface area (Å²) >= 11 is 6.06. The maximum atomic E-state index is 12.1. The van der Waals surface area contributed by atoms with Crippen molar-refractivity contribution in [2.24, 2.45) is 0 Å². The smallest absolute Gasteiger partial charge is 0.274 e. The van der Waals surface area contributed by atoms with Crippen molar-refractivity contribution in [2.45, 2.75) is 6.54 Å². The molecule has 1 aromatic heterocycles. The van der Waals surface area contributed by atoms with Crippen LogP contribution in [0.2, 0.25) is 5.02 Å². The van der Waals surface area contributed by atoms with Gasteiger partial charge in [-0.3, -0.25) is 4.79 Å². The molecular formula is C13H13ClN4O. The number of carbonyl (C=O) groups excluding carboxylic acids is 1. The zero-order valence-electron chi connectivity index (χ0n) is 10.4. The summed E-state index contributed by atoms with van der Waals surface area (Å²) < 4.78 is 0. The molecule has 0 aliphatic rings. The molecule has 0 saturated heterocycles. The van der Waals surface area contributed by atoms with Crippen LogP contribution in [0.25, 0.3) is 0 Å². The summed E-state index contributed by atoms with van der Waals surface area (Å²) in [5.41, 5.74) is 6.56. The van der Waals surface area contributed by atoms with E-state index in [1.807, 2.05) is 18.2 Å². The van der Waals surface area contributed by atoms with Crippen molar-refractivity contribution in [1.82, 2.24) is 14.9 Å². The molecule has 0 bridgehead atoms. The Morgan fingerprint density at radius 2 is 2.05 bits per heavy atom. The Kier molecular flexibility index (Phi) is 3.97. The minimum atomic E-state index is -0.229. The van der Waals surface area contributed by atoms with Gasteiger partial charge in [0, 0.05) is 18.6 Å². The second kappa shape index (κ2) is 5.67. The molecule has 2 aromatic rings. The fourth-order valence-electron chi connectivity index (χ4n) is 1.60. The molecule has 1 amide bonds. The molecule has 1 aromatic carbocycles. The van der Waals surface area contributed by atoms with Gasteiger partial charge in [-0.25, -0.2) is 9.97 Å². The molecule has 2 N–H and O–H groups in total. The molecule has 19 heavy (non-hydrogen) atoms. The molecule has 0 radical (unpaired) electrons. The van der Waals surface area contributed by atoms with Crippen molar-refractivity contribution in [3.8, 4) is 0 Å². The molecule has 2 rings (SSSR count). The highest BCUT2D eigenvalue weighted by Crippen LogP contribution is 2.17. The molecular weight excluding hydrogens is 264 g/mol. The van der Waals surface area contributed by atoms with Crippen LogP contribution in [0.15, 0.2) is 36.7 Å². The molecule has 5 nitrogen and oxygen atoms in total. The highest BCUT2D eigenvalue weighted by molar-refractivity contribution is 6.31. The Labute approximate surface area is 116 Å². The first-order valence-electron chi connectivity index (χ1n) is 5.64. The number of aromatic nitrogens is 2. The number of nitrogens with zero attached hydrogens (tertiary/aromatic N) is 3. The van der Waals surface area contributed by atoms with Gasteiger partial charge in [0.2, 0.25) is 0 Å². The third-order valence-corrected chi connectivity index (χ3v) is 2.97. The van der Waals surface area contributed by atoms with E-state index in [0.29, 0.717) is 11.6 Å². The lowest BCUT2D eigenvalue weighted by atomic mass is 10.2. The lowest BCUT2D eigenvalue weighted by Gasteiger charge is -2.17. The number of nitrogens with two attached hydrogens (primary N) is 1. The summed E-state index contributed by atoms with van der Waals surface area (Å²) in [4.78, 5) is 21.4. The zero-order chi connectivity index (χ0) is 13.8.